The van der Waals surface area contributed by atoms with Crippen LogP contribution in [0.25, 0.3) is 0 Å². The van der Waals surface area contributed by atoms with Crippen LogP contribution in [0.3, 0.4) is 0 Å². The highest BCUT2D eigenvalue weighted by Crippen LogP contribution is 2.20. The van der Waals surface area contributed by atoms with Gasteiger partial charge in [0, 0.05) is 10.0 Å². The van der Waals surface area contributed by atoms with Crippen molar-refractivity contribution in [3.8, 4) is 0 Å². The molecule has 1 rings (SSSR count). The number of hydrogen-bond donors (Lipinski definition) is 0. The standard InChI is InChI=1S/C11H10Cl2O4/c1-6(10(14)16-2)17-11(15)7-3-8(12)5-9(13)4-7/h3-6H,1-2H3/t6-/m0/s1. The van der Waals surface area contributed by atoms with E-state index in [1.165, 1.54) is 32.2 Å². The predicted molar refractivity (Wildman–Crippen MR) is 63.4 cm³/mol. The summed E-state index contributed by atoms with van der Waals surface area (Å²) in [6.07, 6.45) is -0.981. The molecule has 1 aromatic rings. The van der Waals surface area contributed by atoms with E-state index in [-0.39, 0.29) is 5.56 Å². The van der Waals surface area contributed by atoms with Crippen LogP contribution >= 0.6 is 23.2 Å². The fourth-order valence-corrected chi connectivity index (χ4v) is 1.64. The predicted octanol–water partition coefficient (Wildman–Crippen LogP) is 2.71. The largest absolute Gasteiger partial charge is 0.466 e. The minimum Gasteiger partial charge on any atom is -0.466 e. The molecule has 0 aromatic heterocycles. The lowest BCUT2D eigenvalue weighted by Gasteiger charge is -2.11. The van der Waals surface area contributed by atoms with Crippen LogP contribution in [0, 0.1) is 0 Å². The van der Waals surface area contributed by atoms with Gasteiger partial charge in [0.25, 0.3) is 0 Å². The smallest absolute Gasteiger partial charge is 0.346 e. The average molecular weight is 277 g/mol. The van der Waals surface area contributed by atoms with Crippen LogP contribution in [0.5, 0.6) is 0 Å². The summed E-state index contributed by atoms with van der Waals surface area (Å²) in [5.74, 6) is -1.32. The molecule has 0 N–H and O–H groups in total. The molecule has 0 bridgehead atoms. The summed E-state index contributed by atoms with van der Waals surface area (Å²) in [5, 5.41) is 0.630. The second-order valence-corrected chi connectivity index (χ2v) is 4.10. The molecule has 0 unspecified atom stereocenters. The number of ether oxygens (including phenoxy) is 2. The Bertz CT molecular complexity index is 425. The van der Waals surface area contributed by atoms with Crippen molar-refractivity contribution in [1.82, 2.24) is 0 Å². The molecule has 0 aliphatic carbocycles. The van der Waals surface area contributed by atoms with Crippen LogP contribution in [0.4, 0.5) is 0 Å². The van der Waals surface area contributed by atoms with Crippen LogP contribution < -0.4 is 0 Å². The van der Waals surface area contributed by atoms with Crippen molar-refractivity contribution in [1.29, 1.82) is 0 Å². The molecule has 0 saturated carbocycles. The molecule has 0 fully saturated rings. The minimum atomic E-state index is -0.981. The van der Waals surface area contributed by atoms with E-state index in [0.717, 1.165) is 0 Å². The van der Waals surface area contributed by atoms with Gasteiger partial charge in [0.05, 0.1) is 12.7 Å². The number of halogens is 2. The first-order valence-corrected chi connectivity index (χ1v) is 5.44. The zero-order chi connectivity index (χ0) is 13.0. The Balaban J connectivity index is 2.79. The quantitative estimate of drug-likeness (QED) is 0.797. The molecular weight excluding hydrogens is 267 g/mol. The summed E-state index contributed by atoms with van der Waals surface area (Å²) in [4.78, 5) is 22.7. The van der Waals surface area contributed by atoms with E-state index in [4.69, 9.17) is 27.9 Å². The summed E-state index contributed by atoms with van der Waals surface area (Å²) in [5.41, 5.74) is 0.179. The third-order valence-corrected chi connectivity index (χ3v) is 2.35. The number of benzene rings is 1. The van der Waals surface area contributed by atoms with Gasteiger partial charge in [-0.25, -0.2) is 9.59 Å². The van der Waals surface area contributed by atoms with Crippen molar-refractivity contribution in [2.24, 2.45) is 0 Å². The molecule has 4 nitrogen and oxygen atoms in total. The normalized spacial score (nSPS) is 11.8. The van der Waals surface area contributed by atoms with Gasteiger partial charge in [-0.3, -0.25) is 0 Å². The van der Waals surface area contributed by atoms with Gasteiger partial charge in [-0.1, -0.05) is 23.2 Å². The van der Waals surface area contributed by atoms with Gasteiger partial charge < -0.3 is 9.47 Å². The number of hydrogen-bond acceptors (Lipinski definition) is 4. The highest BCUT2D eigenvalue weighted by atomic mass is 35.5. The highest BCUT2D eigenvalue weighted by molar-refractivity contribution is 6.35. The second-order valence-electron chi connectivity index (χ2n) is 3.23. The monoisotopic (exact) mass is 276 g/mol. The molecular formula is C11H10Cl2O4. The van der Waals surface area contributed by atoms with Gasteiger partial charge in [-0.05, 0) is 25.1 Å². The summed E-state index contributed by atoms with van der Waals surface area (Å²) in [6.45, 7) is 1.41. The lowest BCUT2D eigenvalue weighted by molar-refractivity contribution is -0.149. The maximum absolute atomic E-state index is 11.6. The molecule has 0 saturated heterocycles. The molecule has 0 aliphatic rings. The van der Waals surface area contributed by atoms with Crippen LogP contribution in [-0.2, 0) is 14.3 Å². The molecule has 6 heteroatoms. The topological polar surface area (TPSA) is 52.6 Å². The number of carbonyl (C=O) groups excluding carboxylic acids is 2. The van der Waals surface area contributed by atoms with Crippen LogP contribution in [-0.4, -0.2) is 25.2 Å². The zero-order valence-electron chi connectivity index (χ0n) is 9.20. The summed E-state index contributed by atoms with van der Waals surface area (Å²) < 4.78 is 9.30. The lowest BCUT2D eigenvalue weighted by Crippen LogP contribution is -2.25. The Morgan fingerprint density at radius 2 is 1.71 bits per heavy atom. The van der Waals surface area contributed by atoms with E-state index in [0.29, 0.717) is 10.0 Å². The number of methoxy groups -OCH3 is 1. The van der Waals surface area contributed by atoms with Crippen molar-refractivity contribution in [3.63, 3.8) is 0 Å². The SMILES string of the molecule is COC(=O)[C@H](C)OC(=O)c1cc(Cl)cc(Cl)c1. The second kappa shape index (κ2) is 5.89. The first kappa shape index (κ1) is 13.8. The molecule has 1 atom stereocenters. The molecule has 1 aromatic carbocycles. The van der Waals surface area contributed by atoms with E-state index in [9.17, 15) is 9.59 Å². The molecule has 0 radical (unpaired) electrons. The molecule has 0 amide bonds. The van der Waals surface area contributed by atoms with Crippen LogP contribution in [0.15, 0.2) is 18.2 Å². The summed E-state index contributed by atoms with van der Waals surface area (Å²) >= 11 is 11.5. The Morgan fingerprint density at radius 3 is 2.18 bits per heavy atom. The Morgan fingerprint density at radius 1 is 1.18 bits per heavy atom. The number of carbonyl (C=O) groups is 2. The van der Waals surface area contributed by atoms with Gasteiger partial charge in [0.1, 0.15) is 0 Å². The zero-order valence-corrected chi connectivity index (χ0v) is 10.7. The van der Waals surface area contributed by atoms with E-state index >= 15 is 0 Å². The van der Waals surface area contributed by atoms with E-state index in [1.807, 2.05) is 0 Å². The van der Waals surface area contributed by atoms with Gasteiger partial charge in [0.15, 0.2) is 6.10 Å². The summed E-state index contributed by atoms with van der Waals surface area (Å²) in [7, 11) is 1.21. The molecule has 0 heterocycles. The third-order valence-electron chi connectivity index (χ3n) is 1.92. The Hall–Kier alpha value is -1.26. The van der Waals surface area contributed by atoms with E-state index < -0.39 is 18.0 Å². The van der Waals surface area contributed by atoms with E-state index in [1.54, 1.807) is 0 Å². The maximum atomic E-state index is 11.6. The van der Waals surface area contributed by atoms with Gasteiger partial charge >= 0.3 is 11.9 Å². The van der Waals surface area contributed by atoms with Crippen molar-refractivity contribution < 1.29 is 19.1 Å². The van der Waals surface area contributed by atoms with Crippen molar-refractivity contribution >= 4 is 35.1 Å². The molecule has 92 valence electrons. The van der Waals surface area contributed by atoms with Gasteiger partial charge in [-0.15, -0.1) is 0 Å². The average Bonchev–Trinajstić information content (AvgIpc) is 2.26. The summed E-state index contributed by atoms with van der Waals surface area (Å²) in [6, 6.07) is 4.29. The maximum Gasteiger partial charge on any atom is 0.346 e. The van der Waals surface area contributed by atoms with Gasteiger partial charge in [-0.2, -0.15) is 0 Å². The van der Waals surface area contributed by atoms with E-state index in [2.05, 4.69) is 4.74 Å². The van der Waals surface area contributed by atoms with Crippen LogP contribution in [0.1, 0.15) is 17.3 Å². The first-order chi connectivity index (χ1) is 7.93. The first-order valence-electron chi connectivity index (χ1n) is 4.69. The van der Waals surface area contributed by atoms with Crippen molar-refractivity contribution in [3.05, 3.63) is 33.8 Å². The third kappa shape index (κ3) is 3.91. The fraction of sp³-hybridized carbons (Fsp3) is 0.273. The molecule has 17 heavy (non-hydrogen) atoms. The van der Waals surface area contributed by atoms with Crippen molar-refractivity contribution in [2.45, 2.75) is 13.0 Å². The van der Waals surface area contributed by atoms with Crippen LogP contribution in [0.2, 0.25) is 10.0 Å². The Kier molecular flexibility index (Phi) is 4.78. The molecule has 0 spiro atoms. The molecule has 0 aliphatic heterocycles. The number of rotatable bonds is 3. The number of esters is 2. The highest BCUT2D eigenvalue weighted by Gasteiger charge is 2.19. The van der Waals surface area contributed by atoms with Crippen molar-refractivity contribution in [2.75, 3.05) is 7.11 Å². The Labute approximate surface area is 108 Å². The minimum absolute atomic E-state index is 0.179. The van der Waals surface area contributed by atoms with Gasteiger partial charge in [0.2, 0.25) is 0 Å². The lowest BCUT2D eigenvalue weighted by atomic mass is 10.2. The fourth-order valence-electron chi connectivity index (χ4n) is 1.11.